The van der Waals surface area contributed by atoms with E-state index < -0.39 is 0 Å². The zero-order chi connectivity index (χ0) is 8.10. The summed E-state index contributed by atoms with van der Waals surface area (Å²) in [5.74, 6) is 1.66. The Morgan fingerprint density at radius 2 is 2.00 bits per heavy atom. The van der Waals surface area contributed by atoms with Gasteiger partial charge in [0.25, 0.3) is 0 Å². The van der Waals surface area contributed by atoms with Crippen molar-refractivity contribution in [2.45, 2.75) is 6.42 Å². The molecule has 0 heterocycles. The molecular formula is C9H9NO. The number of nitrogens with two attached hydrogens (primary N) is 1. The maximum Gasteiger partial charge on any atom is 0.145 e. The van der Waals surface area contributed by atoms with Gasteiger partial charge in [-0.3, -0.25) is 0 Å². The van der Waals surface area contributed by atoms with E-state index in [0.717, 1.165) is 5.56 Å². The van der Waals surface area contributed by atoms with Crippen molar-refractivity contribution >= 4 is 5.94 Å². The lowest BCUT2D eigenvalue weighted by Gasteiger charge is -1.95. The van der Waals surface area contributed by atoms with Crippen LogP contribution < -0.4 is 5.73 Å². The van der Waals surface area contributed by atoms with E-state index in [-0.39, 0.29) is 5.70 Å². The summed E-state index contributed by atoms with van der Waals surface area (Å²) >= 11 is 0. The molecule has 2 N–H and O–H groups in total. The van der Waals surface area contributed by atoms with Gasteiger partial charge in [0, 0.05) is 6.42 Å². The largest absolute Gasteiger partial charge is 0.393 e. The van der Waals surface area contributed by atoms with Crippen molar-refractivity contribution in [3.05, 3.63) is 41.6 Å². The Morgan fingerprint density at radius 1 is 1.36 bits per heavy atom. The molecule has 0 aromatic heterocycles. The zero-order valence-electron chi connectivity index (χ0n) is 6.08. The molecule has 2 nitrogen and oxygen atoms in total. The molecule has 0 radical (unpaired) electrons. The SMILES string of the molecule is NC(=C=O)Cc1ccccc1. The molecule has 0 atom stereocenters. The van der Waals surface area contributed by atoms with Gasteiger partial charge in [-0.05, 0) is 5.56 Å². The van der Waals surface area contributed by atoms with Gasteiger partial charge >= 0.3 is 0 Å². The van der Waals surface area contributed by atoms with Crippen LogP contribution in [0.3, 0.4) is 0 Å². The summed E-state index contributed by atoms with van der Waals surface area (Å²) in [7, 11) is 0. The van der Waals surface area contributed by atoms with Gasteiger partial charge in [0.1, 0.15) is 5.94 Å². The second-order valence-electron chi connectivity index (χ2n) is 2.29. The summed E-state index contributed by atoms with van der Waals surface area (Å²) in [5, 5.41) is 0. The second kappa shape index (κ2) is 3.59. The topological polar surface area (TPSA) is 43.1 Å². The molecule has 0 aliphatic carbocycles. The van der Waals surface area contributed by atoms with Crippen molar-refractivity contribution in [2.75, 3.05) is 0 Å². The number of rotatable bonds is 2. The molecule has 56 valence electrons. The highest BCUT2D eigenvalue weighted by Crippen LogP contribution is 2.00. The number of hydrogen-bond acceptors (Lipinski definition) is 2. The predicted molar refractivity (Wildman–Crippen MR) is 43.5 cm³/mol. The van der Waals surface area contributed by atoms with Crippen molar-refractivity contribution in [1.29, 1.82) is 0 Å². The van der Waals surface area contributed by atoms with Gasteiger partial charge in [0.2, 0.25) is 0 Å². The van der Waals surface area contributed by atoms with Crippen LogP contribution in [0.4, 0.5) is 0 Å². The Morgan fingerprint density at radius 3 is 2.55 bits per heavy atom. The lowest BCUT2D eigenvalue weighted by atomic mass is 10.1. The molecule has 0 saturated carbocycles. The summed E-state index contributed by atoms with van der Waals surface area (Å²) < 4.78 is 0. The van der Waals surface area contributed by atoms with Crippen molar-refractivity contribution in [1.82, 2.24) is 0 Å². The minimum Gasteiger partial charge on any atom is -0.393 e. The highest BCUT2D eigenvalue weighted by molar-refractivity contribution is 5.52. The molecule has 0 fully saturated rings. The maximum atomic E-state index is 10.0. The van der Waals surface area contributed by atoms with Crippen molar-refractivity contribution < 1.29 is 4.79 Å². The number of benzene rings is 1. The van der Waals surface area contributed by atoms with Crippen molar-refractivity contribution in [2.24, 2.45) is 5.73 Å². The molecule has 0 bridgehead atoms. The van der Waals surface area contributed by atoms with E-state index in [1.54, 1.807) is 5.94 Å². The fourth-order valence-electron chi connectivity index (χ4n) is 0.852. The first-order valence-electron chi connectivity index (χ1n) is 3.36. The molecule has 2 heteroatoms. The first-order valence-corrected chi connectivity index (χ1v) is 3.36. The van der Waals surface area contributed by atoms with Gasteiger partial charge in [-0.1, -0.05) is 30.3 Å². The zero-order valence-corrected chi connectivity index (χ0v) is 6.08. The van der Waals surface area contributed by atoms with E-state index in [4.69, 9.17) is 5.73 Å². The standard InChI is InChI=1S/C9H9NO/c10-9(7-11)6-8-4-2-1-3-5-8/h1-5H,6,10H2. The van der Waals surface area contributed by atoms with Gasteiger partial charge in [0.05, 0.1) is 5.70 Å². The lowest BCUT2D eigenvalue weighted by Crippen LogP contribution is -2.01. The van der Waals surface area contributed by atoms with Gasteiger partial charge in [0.15, 0.2) is 0 Å². The van der Waals surface area contributed by atoms with E-state index >= 15 is 0 Å². The smallest absolute Gasteiger partial charge is 0.145 e. The first kappa shape index (κ1) is 7.58. The van der Waals surface area contributed by atoms with Crippen LogP contribution in [-0.4, -0.2) is 5.94 Å². The summed E-state index contributed by atoms with van der Waals surface area (Å²) in [6, 6.07) is 9.58. The molecule has 0 unspecified atom stereocenters. The van der Waals surface area contributed by atoms with E-state index in [2.05, 4.69) is 0 Å². The Hall–Kier alpha value is -1.53. The van der Waals surface area contributed by atoms with E-state index in [1.807, 2.05) is 30.3 Å². The molecular weight excluding hydrogens is 138 g/mol. The lowest BCUT2D eigenvalue weighted by molar-refractivity contribution is 0.566. The van der Waals surface area contributed by atoms with Crippen LogP contribution in [0.25, 0.3) is 0 Å². The summed E-state index contributed by atoms with van der Waals surface area (Å²) in [4.78, 5) is 10.0. The van der Waals surface area contributed by atoms with Crippen LogP contribution in [0.15, 0.2) is 36.0 Å². The molecule has 1 aromatic rings. The normalized spacial score (nSPS) is 8.73. The summed E-state index contributed by atoms with van der Waals surface area (Å²) in [6.45, 7) is 0. The van der Waals surface area contributed by atoms with E-state index in [9.17, 15) is 4.79 Å². The van der Waals surface area contributed by atoms with E-state index in [1.165, 1.54) is 0 Å². The van der Waals surface area contributed by atoms with Gasteiger partial charge in [-0.15, -0.1) is 0 Å². The Balaban J connectivity index is 2.73. The van der Waals surface area contributed by atoms with Crippen molar-refractivity contribution in [3.8, 4) is 0 Å². The molecule has 0 aliphatic heterocycles. The fourth-order valence-corrected chi connectivity index (χ4v) is 0.852. The number of allylic oxidation sites excluding steroid dienone is 1. The Bertz CT molecular complexity index is 273. The van der Waals surface area contributed by atoms with Crippen LogP contribution >= 0.6 is 0 Å². The van der Waals surface area contributed by atoms with Gasteiger partial charge < -0.3 is 5.73 Å². The van der Waals surface area contributed by atoms with Crippen LogP contribution in [0, 0.1) is 0 Å². The predicted octanol–water partition coefficient (Wildman–Crippen LogP) is 0.903. The average Bonchev–Trinajstić information content (AvgIpc) is 2.06. The van der Waals surface area contributed by atoms with E-state index in [0.29, 0.717) is 6.42 Å². The Kier molecular flexibility index (Phi) is 2.47. The fraction of sp³-hybridized carbons (Fsp3) is 0.111. The van der Waals surface area contributed by atoms with Crippen LogP contribution in [0.2, 0.25) is 0 Å². The second-order valence-corrected chi connectivity index (χ2v) is 2.29. The monoisotopic (exact) mass is 147 g/mol. The molecule has 11 heavy (non-hydrogen) atoms. The molecule has 1 rings (SSSR count). The summed E-state index contributed by atoms with van der Waals surface area (Å²) in [6.07, 6.45) is 0.490. The molecule has 0 spiro atoms. The quantitative estimate of drug-likeness (QED) is 0.631. The first-order chi connectivity index (χ1) is 5.33. The number of hydrogen-bond donors (Lipinski definition) is 1. The van der Waals surface area contributed by atoms with Gasteiger partial charge in [-0.25, -0.2) is 4.79 Å². The molecule has 0 aliphatic rings. The molecule has 0 amide bonds. The van der Waals surface area contributed by atoms with Crippen LogP contribution in [0.1, 0.15) is 5.56 Å². The Labute approximate surface area is 65.3 Å². The minimum absolute atomic E-state index is 0.246. The summed E-state index contributed by atoms with van der Waals surface area (Å²) in [5.41, 5.74) is 6.58. The minimum atomic E-state index is 0.246. The van der Waals surface area contributed by atoms with Crippen LogP contribution in [-0.2, 0) is 11.2 Å². The average molecular weight is 147 g/mol. The third kappa shape index (κ3) is 2.28. The van der Waals surface area contributed by atoms with Gasteiger partial charge in [-0.2, -0.15) is 0 Å². The third-order valence-electron chi connectivity index (χ3n) is 1.37. The highest BCUT2D eigenvalue weighted by atomic mass is 16.1. The van der Waals surface area contributed by atoms with Crippen molar-refractivity contribution in [3.63, 3.8) is 0 Å². The maximum absolute atomic E-state index is 10.0. The highest BCUT2D eigenvalue weighted by Gasteiger charge is 1.92. The van der Waals surface area contributed by atoms with Crippen LogP contribution in [0.5, 0.6) is 0 Å². The number of carbonyl (C=O) groups excluding carboxylic acids is 1. The molecule has 1 aromatic carbocycles. The third-order valence-corrected chi connectivity index (χ3v) is 1.37. The molecule has 0 saturated heterocycles.